The fraction of sp³-hybridized carbons (Fsp3) is 0.417. The summed E-state index contributed by atoms with van der Waals surface area (Å²) in [6.07, 6.45) is 0. The van der Waals surface area contributed by atoms with Crippen LogP contribution < -0.4 is 5.73 Å². The molecule has 1 unspecified atom stereocenters. The Kier molecular flexibility index (Phi) is 5.25. The zero-order valence-electron chi connectivity index (χ0n) is 9.91. The molecule has 94 valence electrons. The Bertz CT molecular complexity index is 409. The normalized spacial score (nSPS) is 12.3. The Labute approximate surface area is 111 Å². The average Bonchev–Trinajstić information content (AvgIpc) is 2.32. The molecule has 0 spiro atoms. The van der Waals surface area contributed by atoms with Gasteiger partial charge in [0.2, 0.25) is 5.91 Å². The second-order valence-corrected chi connectivity index (χ2v) is 4.83. The summed E-state index contributed by atoms with van der Waals surface area (Å²) >= 11 is 12.0. The van der Waals surface area contributed by atoms with Gasteiger partial charge < -0.3 is 10.6 Å². The Morgan fingerprint density at radius 3 is 2.71 bits per heavy atom. The fourth-order valence-electron chi connectivity index (χ4n) is 1.48. The highest BCUT2D eigenvalue weighted by Gasteiger charge is 2.17. The van der Waals surface area contributed by atoms with Crippen molar-refractivity contribution in [2.45, 2.75) is 13.5 Å². The second-order valence-electron chi connectivity index (χ2n) is 4.04. The van der Waals surface area contributed by atoms with Crippen molar-refractivity contribution in [3.05, 3.63) is 33.8 Å². The predicted molar refractivity (Wildman–Crippen MR) is 71.2 cm³/mol. The predicted octanol–water partition coefficient (Wildman–Crippen LogP) is 2.55. The van der Waals surface area contributed by atoms with Gasteiger partial charge in [0.1, 0.15) is 0 Å². The summed E-state index contributed by atoms with van der Waals surface area (Å²) in [5, 5.41) is 0.992. The van der Waals surface area contributed by atoms with Crippen LogP contribution in [0.3, 0.4) is 0 Å². The minimum absolute atomic E-state index is 0.00328. The molecule has 1 aromatic rings. The SMILES string of the molecule is CC(CN)C(=O)N(C)Cc1cccc(Cl)c1Cl. The van der Waals surface area contributed by atoms with Gasteiger partial charge in [0, 0.05) is 26.1 Å². The maximum atomic E-state index is 11.8. The van der Waals surface area contributed by atoms with E-state index in [9.17, 15) is 4.79 Å². The van der Waals surface area contributed by atoms with E-state index in [2.05, 4.69) is 0 Å². The zero-order valence-corrected chi connectivity index (χ0v) is 11.4. The third-order valence-electron chi connectivity index (χ3n) is 2.59. The maximum absolute atomic E-state index is 11.8. The molecule has 17 heavy (non-hydrogen) atoms. The molecule has 0 saturated carbocycles. The number of amides is 1. The lowest BCUT2D eigenvalue weighted by Crippen LogP contribution is -2.34. The van der Waals surface area contributed by atoms with E-state index in [1.165, 1.54) is 0 Å². The number of carbonyl (C=O) groups is 1. The van der Waals surface area contributed by atoms with Crippen LogP contribution in [0.5, 0.6) is 0 Å². The smallest absolute Gasteiger partial charge is 0.226 e. The molecule has 1 atom stereocenters. The molecule has 1 aromatic carbocycles. The van der Waals surface area contributed by atoms with Crippen molar-refractivity contribution in [1.82, 2.24) is 4.90 Å². The molecule has 0 aromatic heterocycles. The Hall–Kier alpha value is -0.770. The van der Waals surface area contributed by atoms with E-state index in [0.29, 0.717) is 23.1 Å². The molecule has 0 aliphatic rings. The Morgan fingerprint density at radius 1 is 1.47 bits per heavy atom. The summed E-state index contributed by atoms with van der Waals surface area (Å²) in [5.74, 6) is -0.179. The van der Waals surface area contributed by atoms with Crippen LogP contribution in [-0.4, -0.2) is 24.4 Å². The van der Waals surface area contributed by atoms with Crippen molar-refractivity contribution in [1.29, 1.82) is 0 Å². The molecule has 0 aliphatic heterocycles. The highest BCUT2D eigenvalue weighted by Crippen LogP contribution is 2.26. The summed E-state index contributed by atoms with van der Waals surface area (Å²) in [4.78, 5) is 13.5. The van der Waals surface area contributed by atoms with Gasteiger partial charge in [0.25, 0.3) is 0 Å². The number of carbonyl (C=O) groups excluding carboxylic acids is 1. The van der Waals surface area contributed by atoms with Gasteiger partial charge in [-0.05, 0) is 11.6 Å². The molecule has 0 saturated heterocycles. The first-order valence-electron chi connectivity index (χ1n) is 5.35. The summed E-state index contributed by atoms with van der Waals surface area (Å²) in [6.45, 7) is 2.58. The highest BCUT2D eigenvalue weighted by molar-refractivity contribution is 6.42. The molecule has 0 heterocycles. The molecule has 2 N–H and O–H groups in total. The summed E-state index contributed by atoms with van der Waals surface area (Å²) in [7, 11) is 1.73. The van der Waals surface area contributed by atoms with E-state index >= 15 is 0 Å². The fourth-order valence-corrected chi connectivity index (χ4v) is 1.86. The first-order chi connectivity index (χ1) is 7.97. The third-order valence-corrected chi connectivity index (χ3v) is 3.45. The number of hydrogen-bond acceptors (Lipinski definition) is 2. The second kappa shape index (κ2) is 6.24. The number of nitrogens with two attached hydrogens (primary N) is 1. The van der Waals surface area contributed by atoms with Crippen LogP contribution in [0.2, 0.25) is 10.0 Å². The van der Waals surface area contributed by atoms with Crippen molar-refractivity contribution >= 4 is 29.1 Å². The minimum Gasteiger partial charge on any atom is -0.341 e. The molecule has 0 fully saturated rings. The Morgan fingerprint density at radius 2 is 2.12 bits per heavy atom. The third kappa shape index (κ3) is 3.60. The van der Waals surface area contributed by atoms with Crippen molar-refractivity contribution < 1.29 is 4.79 Å². The van der Waals surface area contributed by atoms with Crippen molar-refractivity contribution in [3.63, 3.8) is 0 Å². The van der Waals surface area contributed by atoms with Gasteiger partial charge in [-0.1, -0.05) is 42.3 Å². The number of rotatable bonds is 4. The van der Waals surface area contributed by atoms with Crippen LogP contribution in [0.15, 0.2) is 18.2 Å². The zero-order chi connectivity index (χ0) is 13.0. The van der Waals surface area contributed by atoms with Gasteiger partial charge in [0.05, 0.1) is 10.0 Å². The van der Waals surface area contributed by atoms with Crippen molar-refractivity contribution in [2.24, 2.45) is 11.7 Å². The lowest BCUT2D eigenvalue weighted by atomic mass is 10.1. The first-order valence-corrected chi connectivity index (χ1v) is 6.11. The van der Waals surface area contributed by atoms with Gasteiger partial charge in [-0.25, -0.2) is 0 Å². The molecular weight excluding hydrogens is 259 g/mol. The van der Waals surface area contributed by atoms with Crippen LogP contribution in [-0.2, 0) is 11.3 Å². The molecule has 0 bridgehead atoms. The summed E-state index contributed by atoms with van der Waals surface area (Å²) < 4.78 is 0. The first kappa shape index (κ1) is 14.3. The van der Waals surface area contributed by atoms with Gasteiger partial charge in [-0.2, -0.15) is 0 Å². The number of benzene rings is 1. The van der Waals surface area contributed by atoms with Crippen molar-refractivity contribution in [2.75, 3.05) is 13.6 Å². The molecule has 5 heteroatoms. The largest absolute Gasteiger partial charge is 0.341 e. The number of nitrogens with zero attached hydrogens (tertiary/aromatic N) is 1. The molecule has 0 aliphatic carbocycles. The quantitative estimate of drug-likeness (QED) is 0.917. The van der Waals surface area contributed by atoms with E-state index in [0.717, 1.165) is 5.56 Å². The van der Waals surface area contributed by atoms with E-state index in [4.69, 9.17) is 28.9 Å². The lowest BCUT2D eigenvalue weighted by Gasteiger charge is -2.21. The van der Waals surface area contributed by atoms with Crippen LogP contribution in [0, 0.1) is 5.92 Å². The van der Waals surface area contributed by atoms with Crippen LogP contribution in [0.25, 0.3) is 0 Å². The Balaban J connectivity index is 2.78. The number of hydrogen-bond donors (Lipinski definition) is 1. The van der Waals surface area contributed by atoms with E-state index < -0.39 is 0 Å². The standard InChI is InChI=1S/C12H16Cl2N2O/c1-8(6-15)12(17)16(2)7-9-4-3-5-10(13)11(9)14/h3-5,8H,6-7,15H2,1-2H3. The van der Waals surface area contributed by atoms with Crippen molar-refractivity contribution in [3.8, 4) is 0 Å². The average molecular weight is 275 g/mol. The lowest BCUT2D eigenvalue weighted by molar-refractivity contribution is -0.133. The van der Waals surface area contributed by atoms with Gasteiger partial charge >= 0.3 is 0 Å². The summed E-state index contributed by atoms with van der Waals surface area (Å²) in [6, 6.07) is 5.39. The monoisotopic (exact) mass is 274 g/mol. The van der Waals surface area contributed by atoms with Crippen LogP contribution in [0.4, 0.5) is 0 Å². The van der Waals surface area contributed by atoms with E-state index in [1.54, 1.807) is 24.9 Å². The van der Waals surface area contributed by atoms with Gasteiger partial charge in [-0.3, -0.25) is 4.79 Å². The highest BCUT2D eigenvalue weighted by atomic mass is 35.5. The summed E-state index contributed by atoms with van der Waals surface area (Å²) in [5.41, 5.74) is 6.30. The van der Waals surface area contributed by atoms with Gasteiger partial charge in [0.15, 0.2) is 0 Å². The molecule has 0 radical (unpaired) electrons. The van der Waals surface area contributed by atoms with Gasteiger partial charge in [-0.15, -0.1) is 0 Å². The molecular formula is C12H16Cl2N2O. The molecule has 1 amide bonds. The van der Waals surface area contributed by atoms with E-state index in [1.807, 2.05) is 12.1 Å². The topological polar surface area (TPSA) is 46.3 Å². The van der Waals surface area contributed by atoms with Crippen LogP contribution >= 0.6 is 23.2 Å². The molecule has 3 nitrogen and oxygen atoms in total. The minimum atomic E-state index is -0.182. The van der Waals surface area contributed by atoms with Crippen LogP contribution in [0.1, 0.15) is 12.5 Å². The number of halogens is 2. The maximum Gasteiger partial charge on any atom is 0.226 e. The van der Waals surface area contributed by atoms with E-state index in [-0.39, 0.29) is 11.8 Å². The molecule has 1 rings (SSSR count).